The van der Waals surface area contributed by atoms with Crippen molar-refractivity contribution in [1.82, 2.24) is 0 Å². The summed E-state index contributed by atoms with van der Waals surface area (Å²) in [6.45, 7) is 0. The molecule has 0 radical (unpaired) electrons. The number of fused-ring (bicyclic) bond motifs is 2. The molecular weight excluding hydrogens is 276 g/mol. The summed E-state index contributed by atoms with van der Waals surface area (Å²) in [5.74, 6) is 0.628. The van der Waals surface area contributed by atoms with Gasteiger partial charge in [-0.05, 0) is 68.6 Å². The predicted molar refractivity (Wildman–Crippen MR) is 82.1 cm³/mol. The van der Waals surface area contributed by atoms with Crippen LogP contribution in [0.5, 0.6) is 0 Å². The number of hydrogen-bond acceptors (Lipinski definition) is 3. The number of allylic oxidation sites excluding steroid dienone is 2. The van der Waals surface area contributed by atoms with Crippen molar-refractivity contribution in [3.8, 4) is 0 Å². The van der Waals surface area contributed by atoms with E-state index in [2.05, 4.69) is 6.08 Å². The van der Waals surface area contributed by atoms with Gasteiger partial charge in [0.05, 0.1) is 0 Å². The van der Waals surface area contributed by atoms with Crippen LogP contribution in [0.4, 0.5) is 0 Å². The van der Waals surface area contributed by atoms with Crippen LogP contribution in [0.1, 0.15) is 51.4 Å². The summed E-state index contributed by atoms with van der Waals surface area (Å²) in [6, 6.07) is 0. The van der Waals surface area contributed by atoms with E-state index in [1.54, 1.807) is 19.8 Å². The fourth-order valence-electron chi connectivity index (χ4n) is 7.44. The van der Waals surface area contributed by atoms with Gasteiger partial charge in [0.1, 0.15) is 0 Å². The first kappa shape index (κ1) is 13.7. The number of hydrogen-bond donors (Lipinski definition) is 0. The van der Waals surface area contributed by atoms with Gasteiger partial charge in [-0.15, -0.1) is 0 Å². The molecule has 0 aliphatic heterocycles. The molecule has 3 nitrogen and oxygen atoms in total. The third kappa shape index (κ3) is 1.21. The average molecular weight is 302 g/mol. The topological polar surface area (TPSA) is 35.5 Å². The van der Waals surface area contributed by atoms with Crippen molar-refractivity contribution >= 4 is 5.78 Å². The van der Waals surface area contributed by atoms with E-state index in [1.807, 2.05) is 0 Å². The molecule has 5 atom stereocenters. The molecule has 0 N–H and O–H groups in total. The van der Waals surface area contributed by atoms with Gasteiger partial charge < -0.3 is 9.47 Å². The first-order chi connectivity index (χ1) is 10.6. The van der Waals surface area contributed by atoms with Crippen LogP contribution in [0.15, 0.2) is 11.6 Å². The van der Waals surface area contributed by atoms with Crippen LogP contribution >= 0.6 is 0 Å². The molecule has 120 valence electrons. The second-order valence-electron chi connectivity index (χ2n) is 8.40. The normalized spacial score (nSPS) is 50.7. The monoisotopic (exact) mass is 302 g/mol. The highest BCUT2D eigenvalue weighted by Crippen LogP contribution is 2.76. The van der Waals surface area contributed by atoms with Gasteiger partial charge in [0.2, 0.25) is 5.79 Å². The lowest BCUT2D eigenvalue weighted by Gasteiger charge is -2.71. The summed E-state index contributed by atoms with van der Waals surface area (Å²) in [4.78, 5) is 13.6. The van der Waals surface area contributed by atoms with E-state index in [1.165, 1.54) is 32.1 Å². The maximum atomic E-state index is 13.6. The van der Waals surface area contributed by atoms with Crippen molar-refractivity contribution in [2.24, 2.45) is 28.6 Å². The summed E-state index contributed by atoms with van der Waals surface area (Å²) >= 11 is 0. The molecule has 5 unspecified atom stereocenters. The highest BCUT2D eigenvalue weighted by molar-refractivity contribution is 5.95. The first-order valence-electron chi connectivity index (χ1n) is 8.99. The Labute approximate surface area is 132 Å². The molecular formula is C19H26O3. The van der Waals surface area contributed by atoms with Gasteiger partial charge in [-0.3, -0.25) is 4.79 Å². The van der Waals surface area contributed by atoms with Crippen molar-refractivity contribution in [3.05, 3.63) is 11.6 Å². The van der Waals surface area contributed by atoms with Crippen molar-refractivity contribution in [2.45, 2.75) is 57.2 Å². The average Bonchev–Trinajstić information content (AvgIpc) is 2.55. The van der Waals surface area contributed by atoms with E-state index in [0.717, 1.165) is 19.3 Å². The Morgan fingerprint density at radius 3 is 2.68 bits per heavy atom. The lowest BCUT2D eigenvalue weighted by Crippen LogP contribution is -2.74. The summed E-state index contributed by atoms with van der Waals surface area (Å²) < 4.78 is 11.5. The summed E-state index contributed by atoms with van der Waals surface area (Å²) in [6.07, 6.45) is 12.2. The smallest absolute Gasteiger partial charge is 0.231 e. The van der Waals surface area contributed by atoms with Gasteiger partial charge in [0.15, 0.2) is 5.78 Å². The molecule has 0 aromatic heterocycles. The van der Waals surface area contributed by atoms with E-state index in [4.69, 9.17) is 9.47 Å². The Morgan fingerprint density at radius 2 is 1.91 bits per heavy atom. The summed E-state index contributed by atoms with van der Waals surface area (Å²) in [5, 5.41) is 0. The van der Waals surface area contributed by atoms with Gasteiger partial charge in [0.25, 0.3) is 0 Å². The molecule has 0 aromatic rings. The van der Waals surface area contributed by atoms with Gasteiger partial charge in [-0.25, -0.2) is 0 Å². The quantitative estimate of drug-likeness (QED) is 0.578. The zero-order chi connectivity index (χ0) is 15.2. The molecule has 3 heteroatoms. The molecule has 6 saturated carbocycles. The molecule has 7 aliphatic rings. The van der Waals surface area contributed by atoms with Gasteiger partial charge in [0, 0.05) is 25.6 Å². The largest absolute Gasteiger partial charge is 0.347 e. The number of ketones is 1. The summed E-state index contributed by atoms with van der Waals surface area (Å²) in [5.41, 5.74) is 1.95. The van der Waals surface area contributed by atoms with E-state index in [0.29, 0.717) is 17.3 Å². The molecule has 22 heavy (non-hydrogen) atoms. The lowest BCUT2D eigenvalue weighted by atomic mass is 9.33. The van der Waals surface area contributed by atoms with Crippen molar-refractivity contribution in [1.29, 1.82) is 0 Å². The Kier molecular flexibility index (Phi) is 2.53. The van der Waals surface area contributed by atoms with Crippen molar-refractivity contribution < 1.29 is 14.3 Å². The molecule has 6 fully saturated rings. The zero-order valence-electron chi connectivity index (χ0n) is 13.7. The Bertz CT molecular complexity index is 575. The molecule has 0 saturated heterocycles. The fourth-order valence-corrected chi connectivity index (χ4v) is 7.44. The number of carbonyl (C=O) groups excluding carboxylic acids is 1. The standard InChI is InChI=1S/C19H26O3/c1-21-19(22-2)12-9-13-11-17-6-4-3-5-14(17)15(10-12)18(13,8-7-17)16(19)20/h5,12-13,15H,3-4,6-11H2,1-2H3. The maximum absolute atomic E-state index is 13.6. The Hall–Kier alpha value is -0.670. The molecule has 0 aromatic carbocycles. The van der Waals surface area contributed by atoms with Gasteiger partial charge >= 0.3 is 0 Å². The van der Waals surface area contributed by atoms with Gasteiger partial charge in [-0.2, -0.15) is 0 Å². The van der Waals surface area contributed by atoms with Crippen molar-refractivity contribution in [2.75, 3.05) is 14.2 Å². The SMILES string of the molecule is COC1(OC)C(=O)C23CCC45CCCC=C4C2CC1CC3C5. The van der Waals surface area contributed by atoms with Crippen LogP contribution in [0.2, 0.25) is 0 Å². The second kappa shape index (κ2) is 4.05. The molecule has 7 aliphatic carbocycles. The van der Waals surface area contributed by atoms with Crippen LogP contribution in [-0.4, -0.2) is 25.8 Å². The zero-order valence-corrected chi connectivity index (χ0v) is 13.7. The molecule has 7 rings (SSSR count). The number of Topliss-reactive ketones (excluding diaryl/α,β-unsaturated/α-hetero) is 1. The fraction of sp³-hybridized carbons (Fsp3) is 0.842. The highest BCUT2D eigenvalue weighted by Gasteiger charge is 2.75. The summed E-state index contributed by atoms with van der Waals surface area (Å²) in [7, 11) is 3.31. The minimum absolute atomic E-state index is 0.175. The molecule has 0 heterocycles. The first-order valence-corrected chi connectivity index (χ1v) is 8.99. The minimum atomic E-state index is -0.959. The molecule has 5 bridgehead atoms. The third-order valence-electron chi connectivity index (χ3n) is 8.19. The third-order valence-corrected chi connectivity index (χ3v) is 8.19. The van der Waals surface area contributed by atoms with Crippen LogP contribution in [0.3, 0.4) is 0 Å². The Balaban J connectivity index is 1.69. The van der Waals surface area contributed by atoms with Crippen LogP contribution in [-0.2, 0) is 14.3 Å². The number of ether oxygens (including phenoxy) is 2. The van der Waals surface area contributed by atoms with Crippen molar-refractivity contribution in [3.63, 3.8) is 0 Å². The minimum Gasteiger partial charge on any atom is -0.347 e. The van der Waals surface area contributed by atoms with E-state index in [-0.39, 0.29) is 17.1 Å². The maximum Gasteiger partial charge on any atom is 0.231 e. The van der Waals surface area contributed by atoms with E-state index in [9.17, 15) is 4.79 Å². The Morgan fingerprint density at radius 1 is 1.09 bits per heavy atom. The number of rotatable bonds is 2. The molecule has 2 spiro atoms. The van der Waals surface area contributed by atoms with Crippen LogP contribution in [0, 0.1) is 28.6 Å². The van der Waals surface area contributed by atoms with Crippen LogP contribution < -0.4 is 0 Å². The number of methoxy groups -OCH3 is 2. The predicted octanol–water partition coefficient (Wildman–Crippen LogP) is 3.48. The lowest BCUT2D eigenvalue weighted by molar-refractivity contribution is -0.290. The second-order valence-corrected chi connectivity index (χ2v) is 8.40. The van der Waals surface area contributed by atoms with E-state index >= 15 is 0 Å². The van der Waals surface area contributed by atoms with Crippen LogP contribution in [0.25, 0.3) is 0 Å². The number of carbonyl (C=O) groups is 1. The van der Waals surface area contributed by atoms with Gasteiger partial charge in [-0.1, -0.05) is 11.6 Å². The van der Waals surface area contributed by atoms with E-state index < -0.39 is 5.79 Å². The highest BCUT2D eigenvalue weighted by atomic mass is 16.7. The molecule has 0 amide bonds.